The number of aryl methyl sites for hydroxylation is 1. The van der Waals surface area contributed by atoms with Crippen LogP contribution in [-0.2, 0) is 14.3 Å². The third-order valence-electron chi connectivity index (χ3n) is 4.45. The first kappa shape index (κ1) is 19.3. The lowest BCUT2D eigenvalue weighted by Gasteiger charge is -2.29. The second-order valence-corrected chi connectivity index (χ2v) is 6.92. The minimum Gasteiger partial charge on any atom is -0.462 e. The van der Waals surface area contributed by atoms with Gasteiger partial charge in [-0.25, -0.2) is 0 Å². The number of nitrogens with one attached hydrogen (secondary N) is 1. The van der Waals surface area contributed by atoms with E-state index in [0.717, 1.165) is 0 Å². The van der Waals surface area contributed by atoms with Crippen molar-refractivity contribution in [2.75, 3.05) is 31.2 Å². The molecule has 8 nitrogen and oxygen atoms in total. The van der Waals surface area contributed by atoms with E-state index in [0.29, 0.717) is 49.3 Å². The summed E-state index contributed by atoms with van der Waals surface area (Å²) < 4.78 is 10.7. The monoisotopic (exact) mass is 413 g/mol. The van der Waals surface area contributed by atoms with Crippen molar-refractivity contribution in [2.24, 2.45) is 0 Å². The van der Waals surface area contributed by atoms with Crippen LogP contribution in [-0.4, -0.2) is 48.3 Å². The first-order valence-electron chi connectivity index (χ1n) is 9.10. The van der Waals surface area contributed by atoms with Gasteiger partial charge in [-0.3, -0.25) is 19.8 Å². The highest BCUT2D eigenvalue weighted by Crippen LogP contribution is 2.25. The zero-order chi connectivity index (χ0) is 20.4. The number of thiocarbonyl (C=S) groups is 1. The zero-order valence-corrected chi connectivity index (χ0v) is 16.5. The summed E-state index contributed by atoms with van der Waals surface area (Å²) in [6.45, 7) is 4.40. The molecule has 1 N–H and O–H groups in total. The maximum Gasteiger partial charge on any atom is 0.270 e. The molecule has 0 spiro atoms. The minimum absolute atomic E-state index is 0.0228. The molecule has 0 aliphatic carbocycles. The van der Waals surface area contributed by atoms with Crippen LogP contribution in [0, 0.1) is 6.92 Å². The van der Waals surface area contributed by atoms with Crippen LogP contribution in [0.2, 0.25) is 0 Å². The highest BCUT2D eigenvalue weighted by Gasteiger charge is 2.34. The van der Waals surface area contributed by atoms with Gasteiger partial charge < -0.3 is 14.0 Å². The summed E-state index contributed by atoms with van der Waals surface area (Å²) in [5, 5.41) is 4.39. The maximum absolute atomic E-state index is 13.0. The first-order valence-corrected chi connectivity index (χ1v) is 9.51. The molecule has 2 aromatic rings. The number of anilines is 1. The molecule has 0 atom stereocenters. The predicted molar refractivity (Wildman–Crippen MR) is 109 cm³/mol. The van der Waals surface area contributed by atoms with Crippen LogP contribution in [0.25, 0.3) is 6.08 Å². The minimum atomic E-state index is -0.558. The van der Waals surface area contributed by atoms with Gasteiger partial charge >= 0.3 is 0 Å². The molecular weight excluding hydrogens is 394 g/mol. The Hall–Kier alpha value is -3.01. The Morgan fingerprint density at radius 1 is 1.10 bits per heavy atom. The number of carbonyl (C=O) groups excluding carboxylic acids is 2. The lowest BCUT2D eigenvalue weighted by atomic mass is 10.1. The van der Waals surface area contributed by atoms with Crippen molar-refractivity contribution in [1.82, 2.24) is 10.4 Å². The largest absolute Gasteiger partial charge is 0.462 e. The van der Waals surface area contributed by atoms with E-state index in [4.69, 9.17) is 26.2 Å². The number of benzene rings is 1. The Bertz CT molecular complexity index is 976. The second-order valence-electron chi connectivity index (χ2n) is 6.53. The number of hydroxylamine groups is 2. The number of morpholine rings is 1. The Morgan fingerprint density at radius 2 is 1.83 bits per heavy atom. The molecule has 3 heterocycles. The molecule has 2 aliphatic heterocycles. The third-order valence-corrected chi connectivity index (χ3v) is 4.73. The molecule has 1 aromatic heterocycles. The highest BCUT2D eigenvalue weighted by atomic mass is 32.1. The maximum atomic E-state index is 13.0. The number of furan rings is 1. The fourth-order valence-electron chi connectivity index (χ4n) is 3.01. The molecule has 29 heavy (non-hydrogen) atoms. The van der Waals surface area contributed by atoms with Crippen molar-refractivity contribution in [3.8, 4) is 5.75 Å². The Kier molecular flexibility index (Phi) is 5.43. The molecule has 2 fully saturated rings. The molecule has 0 unspecified atom stereocenters. The van der Waals surface area contributed by atoms with E-state index in [-0.39, 0.29) is 10.7 Å². The predicted octanol–water partition coefficient (Wildman–Crippen LogP) is 2.05. The molecule has 0 radical (unpaired) electrons. The van der Waals surface area contributed by atoms with E-state index in [2.05, 4.69) is 5.32 Å². The van der Waals surface area contributed by atoms with E-state index >= 15 is 0 Å². The molecular formula is C20H19N3O5S. The number of rotatable bonds is 4. The Labute approximate surface area is 172 Å². The highest BCUT2D eigenvalue weighted by molar-refractivity contribution is 7.80. The molecule has 2 saturated heterocycles. The van der Waals surface area contributed by atoms with Crippen LogP contribution >= 0.6 is 12.2 Å². The average molecular weight is 413 g/mol. The van der Waals surface area contributed by atoms with Crippen LogP contribution in [0.5, 0.6) is 5.75 Å². The van der Waals surface area contributed by atoms with Gasteiger partial charge in [-0.05, 0) is 61.6 Å². The van der Waals surface area contributed by atoms with Gasteiger partial charge in [-0.1, -0.05) is 0 Å². The number of hydrogen-bond donors (Lipinski definition) is 1. The van der Waals surface area contributed by atoms with Gasteiger partial charge in [0.1, 0.15) is 22.8 Å². The molecule has 2 amide bonds. The quantitative estimate of drug-likeness (QED) is 0.467. The van der Waals surface area contributed by atoms with Crippen LogP contribution in [0.4, 0.5) is 5.69 Å². The van der Waals surface area contributed by atoms with Crippen molar-refractivity contribution >= 4 is 40.9 Å². The van der Waals surface area contributed by atoms with Gasteiger partial charge in [-0.2, -0.15) is 0 Å². The van der Waals surface area contributed by atoms with Crippen molar-refractivity contribution in [1.29, 1.82) is 0 Å². The molecule has 4 rings (SSSR count). The molecule has 0 bridgehead atoms. The summed E-state index contributed by atoms with van der Waals surface area (Å²) in [5.41, 5.74) is 0.470. The van der Waals surface area contributed by atoms with Crippen LogP contribution in [0.15, 0.2) is 46.4 Å². The van der Waals surface area contributed by atoms with Crippen molar-refractivity contribution < 1.29 is 23.6 Å². The van der Waals surface area contributed by atoms with Gasteiger partial charge in [0.2, 0.25) is 0 Å². The van der Waals surface area contributed by atoms with Crippen LogP contribution < -0.4 is 15.1 Å². The lowest BCUT2D eigenvalue weighted by molar-refractivity contribution is -0.122. The number of nitrogens with zero attached hydrogens (tertiary/aromatic N) is 2. The lowest BCUT2D eigenvalue weighted by Crippen LogP contribution is -2.54. The Balaban J connectivity index is 1.54. The molecule has 150 valence electrons. The zero-order valence-electron chi connectivity index (χ0n) is 15.7. The molecule has 1 aromatic carbocycles. The average Bonchev–Trinajstić information content (AvgIpc) is 3.12. The van der Waals surface area contributed by atoms with Crippen molar-refractivity contribution in [2.45, 2.75) is 6.92 Å². The van der Waals surface area contributed by atoms with Gasteiger partial charge in [0.25, 0.3) is 11.8 Å². The van der Waals surface area contributed by atoms with Gasteiger partial charge in [0, 0.05) is 0 Å². The fourth-order valence-corrected chi connectivity index (χ4v) is 3.29. The smallest absolute Gasteiger partial charge is 0.270 e. The number of hydrogen-bond acceptors (Lipinski definition) is 7. The SMILES string of the molecule is Cc1ccc(C=C2C(=O)NC(=S)N(c3ccc(ON4CCOCC4)cc3)C2=O)o1. The second kappa shape index (κ2) is 8.16. The van der Waals surface area contributed by atoms with Crippen molar-refractivity contribution in [3.63, 3.8) is 0 Å². The summed E-state index contributed by atoms with van der Waals surface area (Å²) in [5.74, 6) is 0.663. The summed E-state index contributed by atoms with van der Waals surface area (Å²) in [6.07, 6.45) is 1.41. The normalized spacial score (nSPS) is 19.6. The van der Waals surface area contributed by atoms with Crippen LogP contribution in [0.3, 0.4) is 0 Å². The number of carbonyl (C=O) groups is 2. The molecule has 9 heteroatoms. The number of amides is 2. The van der Waals surface area contributed by atoms with Gasteiger partial charge in [0.15, 0.2) is 5.11 Å². The van der Waals surface area contributed by atoms with E-state index < -0.39 is 11.8 Å². The molecule has 0 saturated carbocycles. The van der Waals surface area contributed by atoms with E-state index in [9.17, 15) is 9.59 Å². The van der Waals surface area contributed by atoms with Crippen molar-refractivity contribution in [3.05, 3.63) is 53.5 Å². The Morgan fingerprint density at radius 3 is 2.48 bits per heavy atom. The fraction of sp³-hybridized carbons (Fsp3) is 0.250. The first-order chi connectivity index (χ1) is 14.0. The van der Waals surface area contributed by atoms with E-state index in [1.807, 2.05) is 5.06 Å². The summed E-state index contributed by atoms with van der Waals surface area (Å²) in [6, 6.07) is 10.4. The van der Waals surface area contributed by atoms with Gasteiger partial charge in [0.05, 0.1) is 32.0 Å². The summed E-state index contributed by atoms with van der Waals surface area (Å²) >= 11 is 5.22. The third kappa shape index (κ3) is 4.21. The standard InChI is InChI=1S/C20H19N3O5S/c1-13-2-5-16(27-13)12-17-18(24)21-20(29)23(19(17)25)14-3-6-15(7-4-14)28-22-8-10-26-11-9-22/h2-7,12H,8-11H2,1H3,(H,21,24,29). The van der Waals surface area contributed by atoms with Crippen LogP contribution in [0.1, 0.15) is 11.5 Å². The molecule has 2 aliphatic rings. The van der Waals surface area contributed by atoms with Gasteiger partial charge in [-0.15, -0.1) is 5.06 Å². The number of ether oxygens (including phenoxy) is 1. The van der Waals surface area contributed by atoms with E-state index in [1.54, 1.807) is 43.3 Å². The summed E-state index contributed by atoms with van der Waals surface area (Å²) in [4.78, 5) is 32.3. The van der Waals surface area contributed by atoms with E-state index in [1.165, 1.54) is 11.0 Å². The topological polar surface area (TPSA) is 84.3 Å². The summed E-state index contributed by atoms with van der Waals surface area (Å²) in [7, 11) is 0.